The fourth-order valence-corrected chi connectivity index (χ4v) is 1.40. The molecule has 92 valence electrons. The summed E-state index contributed by atoms with van der Waals surface area (Å²) in [7, 11) is 0. The molecule has 1 heterocycles. The fraction of sp³-hybridized carbons (Fsp3) is 0. The Bertz CT molecular complexity index is 597. The molecule has 0 aliphatic carbocycles. The van der Waals surface area contributed by atoms with Gasteiger partial charge in [-0.3, -0.25) is 10.1 Å². The van der Waals surface area contributed by atoms with Crippen molar-refractivity contribution in [2.24, 2.45) is 0 Å². The van der Waals surface area contributed by atoms with E-state index >= 15 is 0 Å². The van der Waals surface area contributed by atoms with Crippen LogP contribution in [-0.4, -0.2) is 20.6 Å². The van der Waals surface area contributed by atoms with Crippen LogP contribution in [0.4, 0.5) is 10.5 Å². The molecule has 0 aliphatic rings. The SMILES string of the molecule is O=C(Oc1ccc(Cl)cc1[N+](=O)[O-])n1ccnc1. The van der Waals surface area contributed by atoms with Crippen molar-refractivity contribution in [3.8, 4) is 5.75 Å². The second-order valence-electron chi connectivity index (χ2n) is 3.21. The van der Waals surface area contributed by atoms with Crippen LogP contribution in [0, 0.1) is 10.1 Å². The summed E-state index contributed by atoms with van der Waals surface area (Å²) in [5.74, 6) is -0.178. The van der Waals surface area contributed by atoms with Gasteiger partial charge in [0.05, 0.1) is 4.92 Å². The maximum atomic E-state index is 11.6. The summed E-state index contributed by atoms with van der Waals surface area (Å²) in [5.41, 5.74) is -0.379. The van der Waals surface area contributed by atoms with Gasteiger partial charge < -0.3 is 4.74 Å². The number of halogens is 1. The minimum atomic E-state index is -0.794. The number of carbonyl (C=O) groups excluding carboxylic acids is 1. The number of aromatic nitrogens is 2. The lowest BCUT2D eigenvalue weighted by molar-refractivity contribution is -0.385. The molecule has 0 amide bonds. The van der Waals surface area contributed by atoms with Gasteiger partial charge in [-0.1, -0.05) is 11.6 Å². The highest BCUT2D eigenvalue weighted by Crippen LogP contribution is 2.30. The van der Waals surface area contributed by atoms with Crippen molar-refractivity contribution in [1.29, 1.82) is 0 Å². The predicted octanol–water partition coefficient (Wildman–Crippen LogP) is 2.49. The molecule has 1 aromatic carbocycles. The molecule has 0 N–H and O–H groups in total. The zero-order valence-electron chi connectivity index (χ0n) is 8.82. The molecule has 0 saturated heterocycles. The Morgan fingerprint density at radius 2 is 2.28 bits per heavy atom. The highest BCUT2D eigenvalue weighted by Gasteiger charge is 2.19. The summed E-state index contributed by atoms with van der Waals surface area (Å²) in [6.07, 6.45) is 3.18. The van der Waals surface area contributed by atoms with Gasteiger partial charge in [-0.05, 0) is 12.1 Å². The van der Waals surface area contributed by atoms with Gasteiger partial charge in [-0.2, -0.15) is 0 Å². The van der Waals surface area contributed by atoms with E-state index in [0.29, 0.717) is 0 Å². The molecule has 0 atom stereocenters. The van der Waals surface area contributed by atoms with E-state index in [0.717, 1.165) is 10.6 Å². The molecule has 2 aromatic rings. The first kappa shape index (κ1) is 12.1. The molecule has 8 heteroatoms. The maximum absolute atomic E-state index is 11.6. The second-order valence-corrected chi connectivity index (χ2v) is 3.64. The van der Waals surface area contributed by atoms with Crippen molar-refractivity contribution < 1.29 is 14.5 Å². The van der Waals surface area contributed by atoms with E-state index < -0.39 is 11.0 Å². The Kier molecular flexibility index (Phi) is 3.24. The molecule has 7 nitrogen and oxygen atoms in total. The lowest BCUT2D eigenvalue weighted by Crippen LogP contribution is -2.15. The number of imidazole rings is 1. The molecule has 18 heavy (non-hydrogen) atoms. The van der Waals surface area contributed by atoms with Crippen LogP contribution >= 0.6 is 11.6 Å². The average Bonchev–Trinajstić information content (AvgIpc) is 2.84. The van der Waals surface area contributed by atoms with E-state index in [4.69, 9.17) is 16.3 Å². The van der Waals surface area contributed by atoms with Crippen molar-refractivity contribution in [2.75, 3.05) is 0 Å². The van der Waals surface area contributed by atoms with E-state index in [9.17, 15) is 14.9 Å². The third kappa shape index (κ3) is 2.46. The van der Waals surface area contributed by atoms with Crippen molar-refractivity contribution >= 4 is 23.4 Å². The molecule has 0 spiro atoms. The van der Waals surface area contributed by atoms with Gasteiger partial charge >= 0.3 is 11.8 Å². The molecule has 0 radical (unpaired) electrons. The van der Waals surface area contributed by atoms with Gasteiger partial charge in [-0.15, -0.1) is 0 Å². The zero-order chi connectivity index (χ0) is 13.1. The highest BCUT2D eigenvalue weighted by atomic mass is 35.5. The summed E-state index contributed by atoms with van der Waals surface area (Å²) in [5, 5.41) is 11.0. The monoisotopic (exact) mass is 267 g/mol. The van der Waals surface area contributed by atoms with Crippen LogP contribution < -0.4 is 4.74 Å². The molecule has 0 fully saturated rings. The molecular weight excluding hydrogens is 262 g/mol. The summed E-state index contributed by atoms with van der Waals surface area (Å²) >= 11 is 5.64. The van der Waals surface area contributed by atoms with E-state index in [2.05, 4.69) is 4.98 Å². The lowest BCUT2D eigenvalue weighted by Gasteiger charge is -2.04. The quantitative estimate of drug-likeness (QED) is 0.616. The first-order valence-electron chi connectivity index (χ1n) is 4.72. The number of nitrogens with zero attached hydrogens (tertiary/aromatic N) is 3. The maximum Gasteiger partial charge on any atom is 0.424 e. The summed E-state index contributed by atoms with van der Waals surface area (Å²) in [4.78, 5) is 25.3. The van der Waals surface area contributed by atoms with E-state index in [1.165, 1.54) is 30.9 Å². The van der Waals surface area contributed by atoms with Crippen molar-refractivity contribution in [2.45, 2.75) is 0 Å². The molecule has 0 unspecified atom stereocenters. The zero-order valence-corrected chi connectivity index (χ0v) is 9.57. The Labute approximate surface area is 106 Å². The number of benzene rings is 1. The molecular formula is C10H6ClN3O4. The lowest BCUT2D eigenvalue weighted by atomic mass is 10.3. The van der Waals surface area contributed by atoms with Crippen molar-refractivity contribution in [1.82, 2.24) is 9.55 Å². The average molecular weight is 268 g/mol. The Morgan fingerprint density at radius 1 is 1.50 bits per heavy atom. The largest absolute Gasteiger partial charge is 0.424 e. The minimum absolute atomic E-state index is 0.178. The number of nitro groups is 1. The Balaban J connectivity index is 2.29. The van der Waals surface area contributed by atoms with Crippen LogP contribution in [0.15, 0.2) is 36.9 Å². The van der Waals surface area contributed by atoms with Crippen LogP contribution in [0.5, 0.6) is 5.75 Å². The minimum Gasteiger partial charge on any atom is -0.402 e. The Morgan fingerprint density at radius 3 is 2.89 bits per heavy atom. The summed E-state index contributed by atoms with van der Waals surface area (Å²) in [6.45, 7) is 0. The highest BCUT2D eigenvalue weighted by molar-refractivity contribution is 6.30. The molecule has 1 aromatic heterocycles. The van der Waals surface area contributed by atoms with Crippen molar-refractivity contribution in [3.63, 3.8) is 0 Å². The first-order chi connectivity index (χ1) is 8.58. The van der Waals surface area contributed by atoms with E-state index in [-0.39, 0.29) is 16.5 Å². The second kappa shape index (κ2) is 4.84. The van der Waals surface area contributed by atoms with Gasteiger partial charge in [0.15, 0.2) is 0 Å². The van der Waals surface area contributed by atoms with Gasteiger partial charge in [-0.25, -0.2) is 14.3 Å². The smallest absolute Gasteiger partial charge is 0.402 e. The van der Waals surface area contributed by atoms with Gasteiger partial charge in [0.2, 0.25) is 5.75 Å². The first-order valence-corrected chi connectivity index (χ1v) is 5.10. The van der Waals surface area contributed by atoms with Crippen LogP contribution in [0.3, 0.4) is 0 Å². The fourth-order valence-electron chi connectivity index (χ4n) is 1.23. The molecule has 0 bridgehead atoms. The van der Waals surface area contributed by atoms with Crippen LogP contribution in [0.2, 0.25) is 5.02 Å². The number of rotatable bonds is 2. The van der Waals surface area contributed by atoms with Gasteiger partial charge in [0, 0.05) is 23.5 Å². The van der Waals surface area contributed by atoms with Crippen molar-refractivity contribution in [3.05, 3.63) is 52.1 Å². The predicted molar refractivity (Wildman–Crippen MR) is 61.8 cm³/mol. The molecule has 0 aliphatic heterocycles. The van der Waals surface area contributed by atoms with Crippen LogP contribution in [-0.2, 0) is 0 Å². The third-order valence-electron chi connectivity index (χ3n) is 2.03. The summed E-state index contributed by atoms with van der Waals surface area (Å²) < 4.78 is 5.94. The number of carbonyl (C=O) groups is 1. The third-order valence-corrected chi connectivity index (χ3v) is 2.27. The molecule has 0 saturated carbocycles. The number of nitro benzene ring substituents is 1. The summed E-state index contributed by atoms with van der Waals surface area (Å²) in [6, 6.07) is 3.76. The number of hydrogen-bond donors (Lipinski definition) is 0. The van der Waals surface area contributed by atoms with Crippen LogP contribution in [0.1, 0.15) is 0 Å². The normalized spacial score (nSPS) is 10.1. The number of hydrogen-bond acceptors (Lipinski definition) is 5. The molecule has 2 rings (SSSR count). The Hall–Kier alpha value is -2.41. The van der Waals surface area contributed by atoms with E-state index in [1.807, 2.05) is 0 Å². The number of ether oxygens (including phenoxy) is 1. The van der Waals surface area contributed by atoms with Gasteiger partial charge in [0.25, 0.3) is 0 Å². The standard InChI is InChI=1S/C10H6ClN3O4/c11-7-1-2-9(8(5-7)14(16)17)18-10(15)13-4-3-12-6-13/h1-6H. The van der Waals surface area contributed by atoms with Gasteiger partial charge in [0.1, 0.15) is 6.33 Å². The van der Waals surface area contributed by atoms with E-state index in [1.54, 1.807) is 0 Å². The topological polar surface area (TPSA) is 87.3 Å². The van der Waals surface area contributed by atoms with Crippen LogP contribution in [0.25, 0.3) is 0 Å².